The first kappa shape index (κ1) is 7.06. The van der Waals surface area contributed by atoms with Gasteiger partial charge in [-0.2, -0.15) is 0 Å². The minimum atomic E-state index is 0.848. The lowest BCUT2D eigenvalue weighted by molar-refractivity contribution is -0.105. The summed E-state index contributed by atoms with van der Waals surface area (Å²) in [5, 5.41) is 0. The molecule has 0 aromatic heterocycles. The van der Waals surface area contributed by atoms with E-state index >= 15 is 0 Å². The maximum atomic E-state index is 10.3. The SMILES string of the molecule is NC1=CC=C(C=O)CCC1. The van der Waals surface area contributed by atoms with Crippen LogP contribution in [0.2, 0.25) is 0 Å². The number of allylic oxidation sites excluding steroid dienone is 4. The van der Waals surface area contributed by atoms with E-state index in [0.29, 0.717) is 0 Å². The van der Waals surface area contributed by atoms with Crippen molar-refractivity contribution < 1.29 is 4.79 Å². The maximum Gasteiger partial charge on any atom is 0.146 e. The van der Waals surface area contributed by atoms with Crippen LogP contribution in [0.1, 0.15) is 19.3 Å². The lowest BCUT2D eigenvalue weighted by Gasteiger charge is -1.94. The number of aldehydes is 1. The maximum absolute atomic E-state index is 10.3. The second-order valence-corrected chi connectivity index (χ2v) is 2.45. The summed E-state index contributed by atoms with van der Waals surface area (Å²) >= 11 is 0. The molecule has 1 aliphatic rings. The fourth-order valence-electron chi connectivity index (χ4n) is 0.976. The lowest BCUT2D eigenvalue weighted by Crippen LogP contribution is -1.94. The number of carbonyl (C=O) groups is 1. The van der Waals surface area contributed by atoms with Crippen molar-refractivity contribution in [2.75, 3.05) is 0 Å². The highest BCUT2D eigenvalue weighted by Gasteiger charge is 1.99. The Kier molecular flexibility index (Phi) is 2.26. The molecule has 0 fully saturated rings. The number of hydrogen-bond acceptors (Lipinski definition) is 2. The van der Waals surface area contributed by atoms with Crippen LogP contribution < -0.4 is 5.73 Å². The number of hydrogen-bond donors (Lipinski definition) is 1. The van der Waals surface area contributed by atoms with E-state index < -0.39 is 0 Å². The van der Waals surface area contributed by atoms with E-state index in [1.54, 1.807) is 6.08 Å². The van der Waals surface area contributed by atoms with Gasteiger partial charge in [-0.05, 0) is 30.9 Å². The van der Waals surface area contributed by atoms with Crippen molar-refractivity contribution >= 4 is 6.29 Å². The second-order valence-electron chi connectivity index (χ2n) is 2.45. The van der Waals surface area contributed by atoms with Gasteiger partial charge < -0.3 is 5.73 Å². The molecule has 2 N–H and O–H groups in total. The number of carbonyl (C=O) groups excluding carboxylic acids is 1. The van der Waals surface area contributed by atoms with E-state index in [-0.39, 0.29) is 0 Å². The average molecular weight is 137 g/mol. The molecule has 0 spiro atoms. The summed E-state index contributed by atoms with van der Waals surface area (Å²) in [6.07, 6.45) is 7.28. The lowest BCUT2D eigenvalue weighted by atomic mass is 10.1. The smallest absolute Gasteiger partial charge is 0.146 e. The molecule has 0 radical (unpaired) electrons. The minimum absolute atomic E-state index is 0.848. The quantitative estimate of drug-likeness (QED) is 0.551. The summed E-state index contributed by atoms with van der Waals surface area (Å²) in [7, 11) is 0. The van der Waals surface area contributed by atoms with Crippen LogP contribution in [-0.2, 0) is 4.79 Å². The van der Waals surface area contributed by atoms with Crippen LogP contribution in [0.5, 0.6) is 0 Å². The fourth-order valence-corrected chi connectivity index (χ4v) is 0.976. The first-order valence-electron chi connectivity index (χ1n) is 3.43. The van der Waals surface area contributed by atoms with Gasteiger partial charge in [-0.15, -0.1) is 0 Å². The second kappa shape index (κ2) is 3.20. The first-order valence-corrected chi connectivity index (χ1v) is 3.43. The van der Waals surface area contributed by atoms with Crippen LogP contribution in [0.15, 0.2) is 23.4 Å². The van der Waals surface area contributed by atoms with Crippen molar-refractivity contribution in [3.05, 3.63) is 23.4 Å². The van der Waals surface area contributed by atoms with Crippen molar-refractivity contribution in [1.29, 1.82) is 0 Å². The van der Waals surface area contributed by atoms with E-state index in [0.717, 1.165) is 36.8 Å². The minimum Gasteiger partial charge on any atom is -0.402 e. The third-order valence-electron chi connectivity index (χ3n) is 1.59. The molecule has 0 bridgehead atoms. The molecule has 54 valence electrons. The molecule has 0 atom stereocenters. The van der Waals surface area contributed by atoms with Gasteiger partial charge in [0.25, 0.3) is 0 Å². The summed E-state index contributed by atoms with van der Waals surface area (Å²) in [4.78, 5) is 10.3. The van der Waals surface area contributed by atoms with Crippen LogP contribution in [-0.4, -0.2) is 6.29 Å². The molecule has 0 aromatic rings. The Balaban J connectivity index is 2.69. The van der Waals surface area contributed by atoms with Crippen LogP contribution in [0, 0.1) is 0 Å². The molecular weight excluding hydrogens is 126 g/mol. The molecule has 0 unspecified atom stereocenters. The van der Waals surface area contributed by atoms with E-state index in [4.69, 9.17) is 5.73 Å². The summed E-state index contributed by atoms with van der Waals surface area (Å²) in [5.41, 5.74) is 7.27. The Morgan fingerprint density at radius 1 is 1.40 bits per heavy atom. The Morgan fingerprint density at radius 2 is 2.20 bits per heavy atom. The molecule has 2 nitrogen and oxygen atoms in total. The van der Waals surface area contributed by atoms with Crippen LogP contribution in [0.4, 0.5) is 0 Å². The zero-order chi connectivity index (χ0) is 7.40. The van der Waals surface area contributed by atoms with Crippen molar-refractivity contribution in [3.63, 3.8) is 0 Å². The molecule has 10 heavy (non-hydrogen) atoms. The molecule has 0 saturated carbocycles. The third-order valence-corrected chi connectivity index (χ3v) is 1.59. The number of rotatable bonds is 1. The molecule has 0 amide bonds. The summed E-state index contributed by atoms with van der Waals surface area (Å²) < 4.78 is 0. The Morgan fingerprint density at radius 3 is 2.90 bits per heavy atom. The summed E-state index contributed by atoms with van der Waals surface area (Å²) in [6, 6.07) is 0. The normalized spacial score (nSPS) is 18.8. The van der Waals surface area contributed by atoms with Gasteiger partial charge >= 0.3 is 0 Å². The van der Waals surface area contributed by atoms with Crippen molar-refractivity contribution in [1.82, 2.24) is 0 Å². The Hall–Kier alpha value is -1.05. The van der Waals surface area contributed by atoms with Gasteiger partial charge in [0, 0.05) is 5.70 Å². The standard InChI is InChI=1S/C8H11NO/c9-8-3-1-2-7(6-10)4-5-8/h4-6H,1-3,9H2. The van der Waals surface area contributed by atoms with Crippen molar-refractivity contribution in [2.45, 2.75) is 19.3 Å². The van der Waals surface area contributed by atoms with Gasteiger partial charge in [0.1, 0.15) is 6.29 Å². The molecule has 1 rings (SSSR count). The van der Waals surface area contributed by atoms with E-state index in [9.17, 15) is 4.79 Å². The molecule has 2 heteroatoms. The number of nitrogens with two attached hydrogens (primary N) is 1. The monoisotopic (exact) mass is 137 g/mol. The van der Waals surface area contributed by atoms with Gasteiger partial charge in [0.2, 0.25) is 0 Å². The average Bonchev–Trinajstić information content (AvgIpc) is 2.14. The van der Waals surface area contributed by atoms with E-state index in [1.165, 1.54) is 0 Å². The highest BCUT2D eigenvalue weighted by atomic mass is 16.1. The highest BCUT2D eigenvalue weighted by molar-refractivity contribution is 5.73. The van der Waals surface area contributed by atoms with E-state index in [1.807, 2.05) is 6.08 Å². The summed E-state index contributed by atoms with van der Waals surface area (Å²) in [5.74, 6) is 0. The van der Waals surface area contributed by atoms with E-state index in [2.05, 4.69) is 0 Å². The largest absolute Gasteiger partial charge is 0.402 e. The van der Waals surface area contributed by atoms with Crippen LogP contribution >= 0.6 is 0 Å². The zero-order valence-corrected chi connectivity index (χ0v) is 5.84. The van der Waals surface area contributed by atoms with Gasteiger partial charge in [-0.3, -0.25) is 4.79 Å². The fraction of sp³-hybridized carbons (Fsp3) is 0.375. The Labute approximate surface area is 60.4 Å². The van der Waals surface area contributed by atoms with Gasteiger partial charge in [0.05, 0.1) is 0 Å². The molecule has 0 saturated heterocycles. The molecular formula is C8H11NO. The third kappa shape index (κ3) is 1.72. The van der Waals surface area contributed by atoms with Gasteiger partial charge in [-0.25, -0.2) is 0 Å². The topological polar surface area (TPSA) is 43.1 Å². The Bertz CT molecular complexity index is 191. The molecule has 1 aliphatic carbocycles. The van der Waals surface area contributed by atoms with Gasteiger partial charge in [-0.1, -0.05) is 6.08 Å². The van der Waals surface area contributed by atoms with Crippen molar-refractivity contribution in [2.24, 2.45) is 5.73 Å². The van der Waals surface area contributed by atoms with Crippen LogP contribution in [0.3, 0.4) is 0 Å². The van der Waals surface area contributed by atoms with Gasteiger partial charge in [0.15, 0.2) is 0 Å². The predicted molar refractivity (Wildman–Crippen MR) is 40.3 cm³/mol. The molecule has 0 aliphatic heterocycles. The van der Waals surface area contributed by atoms with Crippen molar-refractivity contribution in [3.8, 4) is 0 Å². The molecule has 0 aromatic carbocycles. The highest BCUT2D eigenvalue weighted by Crippen LogP contribution is 2.12. The van der Waals surface area contributed by atoms with Crippen LogP contribution in [0.25, 0.3) is 0 Å². The molecule has 0 heterocycles. The first-order chi connectivity index (χ1) is 4.83. The summed E-state index contributed by atoms with van der Waals surface area (Å²) in [6.45, 7) is 0. The zero-order valence-electron chi connectivity index (χ0n) is 5.84. The predicted octanol–water partition coefficient (Wildman–Crippen LogP) is 1.14.